The van der Waals surface area contributed by atoms with Gasteiger partial charge in [0.2, 0.25) is 0 Å². The molecule has 1 fully saturated rings. The summed E-state index contributed by atoms with van der Waals surface area (Å²) in [7, 11) is 0. The van der Waals surface area contributed by atoms with Crippen LogP contribution in [0.3, 0.4) is 0 Å². The van der Waals surface area contributed by atoms with E-state index in [0.29, 0.717) is 18.9 Å². The third kappa shape index (κ3) is 4.09. The van der Waals surface area contributed by atoms with Crippen LogP contribution in [0.2, 0.25) is 0 Å². The van der Waals surface area contributed by atoms with Crippen molar-refractivity contribution in [2.45, 2.75) is 69.3 Å². The predicted molar refractivity (Wildman–Crippen MR) is 103 cm³/mol. The molecule has 0 saturated heterocycles. The summed E-state index contributed by atoms with van der Waals surface area (Å²) in [4.78, 5) is 28.5. The molecule has 3 rings (SSSR count). The number of aromatic nitrogens is 2. The van der Waals surface area contributed by atoms with E-state index in [1.54, 1.807) is 16.3 Å². The molecule has 0 bridgehead atoms. The van der Waals surface area contributed by atoms with Crippen LogP contribution in [0.5, 0.6) is 0 Å². The molecule has 2 aromatic rings. The van der Waals surface area contributed by atoms with Crippen molar-refractivity contribution in [3.63, 3.8) is 0 Å². The minimum Gasteiger partial charge on any atom is -0.287 e. The van der Waals surface area contributed by atoms with Crippen molar-refractivity contribution in [3.8, 4) is 0 Å². The first-order valence-corrected chi connectivity index (χ1v) is 9.91. The summed E-state index contributed by atoms with van der Waals surface area (Å²) in [6, 6.07) is 6.37. The Hall–Kier alpha value is -1.75. The maximum absolute atomic E-state index is 12.5. The number of benzene rings is 1. The molecule has 0 unspecified atom stereocenters. The normalized spacial score (nSPS) is 14.5. The van der Waals surface area contributed by atoms with Crippen LogP contribution in [0.15, 0.2) is 37.7 Å². The van der Waals surface area contributed by atoms with Gasteiger partial charge < -0.3 is 0 Å². The van der Waals surface area contributed by atoms with E-state index in [2.05, 4.69) is 44.0 Å². The molecule has 5 heteroatoms. The van der Waals surface area contributed by atoms with Gasteiger partial charge in [0, 0.05) is 17.0 Å². The van der Waals surface area contributed by atoms with E-state index in [1.165, 1.54) is 30.4 Å². The number of H-pyrrole nitrogens is 1. The van der Waals surface area contributed by atoms with E-state index in [-0.39, 0.29) is 11.2 Å². The third-order valence-corrected chi connectivity index (χ3v) is 5.95. The average molecular weight is 359 g/mol. The second-order valence-corrected chi connectivity index (χ2v) is 8.19. The Morgan fingerprint density at radius 2 is 1.84 bits per heavy atom. The molecule has 0 spiro atoms. The zero-order chi connectivity index (χ0) is 18.0. The SMILES string of the molecule is CCCc1c(Sc2cc(C)cc(C)c2)n(CC2CCC2)c(=O)[nH]c1=O. The standard InChI is InChI=1S/C20H26N2O2S/c1-4-6-17-18(23)21-20(24)22(12-15-7-5-8-15)19(17)25-16-10-13(2)9-14(3)11-16/h9-11,15H,4-8,12H2,1-3H3,(H,21,23,24). The number of nitrogens with one attached hydrogen (secondary N) is 1. The monoisotopic (exact) mass is 358 g/mol. The fourth-order valence-electron chi connectivity index (χ4n) is 3.38. The van der Waals surface area contributed by atoms with Crippen molar-refractivity contribution >= 4 is 11.8 Å². The van der Waals surface area contributed by atoms with Gasteiger partial charge in [-0.3, -0.25) is 14.3 Å². The molecule has 1 aliphatic rings. The van der Waals surface area contributed by atoms with Crippen molar-refractivity contribution in [1.29, 1.82) is 0 Å². The van der Waals surface area contributed by atoms with Gasteiger partial charge in [0.15, 0.2) is 0 Å². The first-order valence-electron chi connectivity index (χ1n) is 9.10. The zero-order valence-electron chi connectivity index (χ0n) is 15.2. The van der Waals surface area contributed by atoms with Crippen molar-refractivity contribution in [2.75, 3.05) is 0 Å². The van der Waals surface area contributed by atoms with E-state index >= 15 is 0 Å². The Morgan fingerprint density at radius 1 is 1.16 bits per heavy atom. The van der Waals surface area contributed by atoms with E-state index < -0.39 is 0 Å². The highest BCUT2D eigenvalue weighted by atomic mass is 32.2. The van der Waals surface area contributed by atoms with Gasteiger partial charge in [-0.1, -0.05) is 37.6 Å². The quantitative estimate of drug-likeness (QED) is 0.792. The van der Waals surface area contributed by atoms with Crippen LogP contribution in [-0.2, 0) is 13.0 Å². The van der Waals surface area contributed by atoms with Crippen LogP contribution < -0.4 is 11.2 Å². The van der Waals surface area contributed by atoms with Crippen molar-refractivity contribution < 1.29 is 0 Å². The van der Waals surface area contributed by atoms with Gasteiger partial charge in [0.25, 0.3) is 5.56 Å². The lowest BCUT2D eigenvalue weighted by atomic mass is 9.85. The van der Waals surface area contributed by atoms with Crippen LogP contribution in [0, 0.1) is 19.8 Å². The summed E-state index contributed by atoms with van der Waals surface area (Å²) in [5.41, 5.74) is 2.62. The zero-order valence-corrected chi connectivity index (χ0v) is 16.0. The lowest BCUT2D eigenvalue weighted by Crippen LogP contribution is -2.36. The molecule has 25 heavy (non-hydrogen) atoms. The summed E-state index contributed by atoms with van der Waals surface area (Å²) >= 11 is 1.56. The highest BCUT2D eigenvalue weighted by molar-refractivity contribution is 7.99. The number of nitrogens with zero attached hydrogens (tertiary/aromatic N) is 1. The number of aromatic amines is 1. The van der Waals surface area contributed by atoms with Crippen molar-refractivity contribution in [3.05, 3.63) is 55.7 Å². The van der Waals surface area contributed by atoms with Gasteiger partial charge in [0.05, 0.1) is 5.03 Å². The molecule has 4 nitrogen and oxygen atoms in total. The third-order valence-electron chi connectivity index (χ3n) is 4.82. The molecular weight excluding hydrogens is 332 g/mol. The highest BCUT2D eigenvalue weighted by Crippen LogP contribution is 2.33. The molecule has 1 aliphatic carbocycles. The predicted octanol–water partition coefficient (Wildman–Crippen LogP) is 4.06. The van der Waals surface area contributed by atoms with Gasteiger partial charge >= 0.3 is 5.69 Å². The second-order valence-electron chi connectivity index (χ2n) is 7.13. The van der Waals surface area contributed by atoms with Crippen LogP contribution in [0.4, 0.5) is 0 Å². The lowest BCUT2D eigenvalue weighted by Gasteiger charge is -2.27. The molecule has 0 radical (unpaired) electrons. The largest absolute Gasteiger partial charge is 0.329 e. The van der Waals surface area contributed by atoms with Gasteiger partial charge in [-0.2, -0.15) is 0 Å². The highest BCUT2D eigenvalue weighted by Gasteiger charge is 2.22. The maximum Gasteiger partial charge on any atom is 0.329 e. The second kappa shape index (κ2) is 7.65. The Kier molecular flexibility index (Phi) is 5.52. The van der Waals surface area contributed by atoms with Crippen LogP contribution in [0.1, 0.15) is 49.3 Å². The fourth-order valence-corrected chi connectivity index (χ4v) is 4.68. The van der Waals surface area contributed by atoms with Gasteiger partial charge in [0.1, 0.15) is 0 Å². The Labute approximate surface area is 152 Å². The molecule has 0 amide bonds. The summed E-state index contributed by atoms with van der Waals surface area (Å²) in [5, 5.41) is 0.826. The molecule has 0 atom stereocenters. The maximum atomic E-state index is 12.5. The minimum atomic E-state index is -0.274. The number of aryl methyl sites for hydroxylation is 2. The molecule has 1 saturated carbocycles. The van der Waals surface area contributed by atoms with Gasteiger partial charge in [-0.15, -0.1) is 0 Å². The van der Waals surface area contributed by atoms with Crippen molar-refractivity contribution in [2.24, 2.45) is 5.92 Å². The summed E-state index contributed by atoms with van der Waals surface area (Å²) in [5.74, 6) is 0.552. The Morgan fingerprint density at radius 3 is 2.40 bits per heavy atom. The molecule has 134 valence electrons. The van der Waals surface area contributed by atoms with E-state index in [9.17, 15) is 9.59 Å². The van der Waals surface area contributed by atoms with E-state index in [1.807, 2.05) is 0 Å². The number of rotatable bonds is 6. The van der Waals surface area contributed by atoms with Gasteiger partial charge in [-0.25, -0.2) is 4.79 Å². The van der Waals surface area contributed by atoms with Crippen molar-refractivity contribution in [1.82, 2.24) is 9.55 Å². The fraction of sp³-hybridized carbons (Fsp3) is 0.500. The molecule has 1 aromatic carbocycles. The molecule has 1 heterocycles. The summed E-state index contributed by atoms with van der Waals surface area (Å²) < 4.78 is 1.80. The van der Waals surface area contributed by atoms with E-state index in [0.717, 1.165) is 21.9 Å². The first-order chi connectivity index (χ1) is 12.0. The lowest BCUT2D eigenvalue weighted by molar-refractivity contribution is 0.264. The summed E-state index contributed by atoms with van der Waals surface area (Å²) in [6.07, 6.45) is 5.15. The smallest absolute Gasteiger partial charge is 0.287 e. The number of hydrogen-bond acceptors (Lipinski definition) is 3. The summed E-state index contributed by atoms with van der Waals surface area (Å²) in [6.45, 7) is 6.91. The molecular formula is C20H26N2O2S. The Bertz CT molecular complexity index is 858. The van der Waals surface area contributed by atoms with Crippen LogP contribution in [0.25, 0.3) is 0 Å². The minimum absolute atomic E-state index is 0.233. The van der Waals surface area contributed by atoms with Crippen LogP contribution in [-0.4, -0.2) is 9.55 Å². The molecule has 0 aliphatic heterocycles. The topological polar surface area (TPSA) is 54.9 Å². The average Bonchev–Trinajstić information content (AvgIpc) is 2.48. The van der Waals surface area contributed by atoms with E-state index in [4.69, 9.17) is 0 Å². The van der Waals surface area contributed by atoms with Gasteiger partial charge in [-0.05, 0) is 62.3 Å². The molecule has 1 aromatic heterocycles. The Balaban J connectivity index is 2.09. The van der Waals surface area contributed by atoms with Crippen LogP contribution >= 0.6 is 11.8 Å². The first kappa shape index (κ1) is 18.1. The molecule has 1 N–H and O–H groups in total. The number of hydrogen-bond donors (Lipinski definition) is 1.